The molecule has 3 heteroatoms. The lowest BCUT2D eigenvalue weighted by Crippen LogP contribution is -2.33. The van der Waals surface area contributed by atoms with Crippen molar-refractivity contribution in [3.05, 3.63) is 28.2 Å². The minimum Gasteiger partial charge on any atom is -0.493 e. The van der Waals surface area contributed by atoms with Gasteiger partial charge in [0.15, 0.2) is 0 Å². The smallest absolute Gasteiger partial charge is 0.124 e. The van der Waals surface area contributed by atoms with Gasteiger partial charge in [0.1, 0.15) is 5.75 Å². The summed E-state index contributed by atoms with van der Waals surface area (Å²) >= 11 is 3.50. The molecule has 1 heterocycles. The van der Waals surface area contributed by atoms with Crippen molar-refractivity contribution in [2.45, 2.75) is 31.8 Å². The van der Waals surface area contributed by atoms with Crippen LogP contribution in [0.15, 0.2) is 22.7 Å². The first-order valence-electron chi connectivity index (χ1n) is 5.82. The van der Waals surface area contributed by atoms with E-state index in [0.717, 1.165) is 29.7 Å². The Bertz CT molecular complexity index is 438. The third-order valence-corrected chi connectivity index (χ3v) is 3.41. The SMILES string of the molecule is C#CCC(C)NC1CCOc2ccc(Br)cc21. The molecule has 0 spiro atoms. The molecule has 0 saturated carbocycles. The van der Waals surface area contributed by atoms with Crippen molar-refractivity contribution in [1.82, 2.24) is 5.32 Å². The molecule has 0 fully saturated rings. The lowest BCUT2D eigenvalue weighted by atomic mass is 9.99. The molecule has 2 rings (SSSR count). The molecule has 2 unspecified atom stereocenters. The van der Waals surface area contributed by atoms with Crippen LogP contribution in [0.25, 0.3) is 0 Å². The van der Waals surface area contributed by atoms with Gasteiger partial charge in [-0.15, -0.1) is 12.3 Å². The third kappa shape index (κ3) is 3.02. The first-order chi connectivity index (χ1) is 8.20. The highest BCUT2D eigenvalue weighted by Gasteiger charge is 2.22. The van der Waals surface area contributed by atoms with Crippen LogP contribution in [0.1, 0.15) is 31.4 Å². The molecule has 1 N–H and O–H groups in total. The monoisotopic (exact) mass is 293 g/mol. The molecule has 1 aliphatic rings. The second kappa shape index (κ2) is 5.57. The van der Waals surface area contributed by atoms with Gasteiger partial charge in [-0.25, -0.2) is 0 Å². The van der Waals surface area contributed by atoms with Crippen LogP contribution in [-0.2, 0) is 0 Å². The molecule has 1 aliphatic heterocycles. The van der Waals surface area contributed by atoms with E-state index in [1.807, 2.05) is 12.1 Å². The molecule has 1 aromatic rings. The van der Waals surface area contributed by atoms with Gasteiger partial charge in [-0.2, -0.15) is 0 Å². The molecular formula is C14H16BrNO. The molecule has 0 aliphatic carbocycles. The quantitative estimate of drug-likeness (QED) is 0.864. The van der Waals surface area contributed by atoms with Gasteiger partial charge in [-0.05, 0) is 25.1 Å². The van der Waals surface area contributed by atoms with Crippen LogP contribution in [-0.4, -0.2) is 12.6 Å². The van der Waals surface area contributed by atoms with Crippen LogP contribution in [0, 0.1) is 12.3 Å². The number of ether oxygens (including phenoxy) is 1. The second-order valence-electron chi connectivity index (χ2n) is 4.35. The fourth-order valence-corrected chi connectivity index (χ4v) is 2.50. The topological polar surface area (TPSA) is 21.3 Å². The number of benzene rings is 1. The number of fused-ring (bicyclic) bond motifs is 1. The van der Waals surface area contributed by atoms with E-state index in [4.69, 9.17) is 11.2 Å². The van der Waals surface area contributed by atoms with Crippen molar-refractivity contribution in [1.29, 1.82) is 0 Å². The normalized spacial score (nSPS) is 19.9. The van der Waals surface area contributed by atoms with E-state index in [1.165, 1.54) is 5.56 Å². The zero-order valence-corrected chi connectivity index (χ0v) is 11.5. The summed E-state index contributed by atoms with van der Waals surface area (Å²) < 4.78 is 6.73. The zero-order chi connectivity index (χ0) is 12.3. The van der Waals surface area contributed by atoms with Crippen molar-refractivity contribution in [2.24, 2.45) is 0 Å². The van der Waals surface area contributed by atoms with Crippen molar-refractivity contribution < 1.29 is 4.74 Å². The average molecular weight is 294 g/mol. The number of nitrogens with one attached hydrogen (secondary N) is 1. The lowest BCUT2D eigenvalue weighted by molar-refractivity contribution is 0.246. The first-order valence-corrected chi connectivity index (χ1v) is 6.61. The van der Waals surface area contributed by atoms with E-state index < -0.39 is 0 Å². The summed E-state index contributed by atoms with van der Waals surface area (Å²) in [7, 11) is 0. The Hall–Kier alpha value is -0.980. The summed E-state index contributed by atoms with van der Waals surface area (Å²) in [5.41, 5.74) is 1.22. The molecule has 17 heavy (non-hydrogen) atoms. The minimum atomic E-state index is 0.329. The van der Waals surface area contributed by atoms with Crippen molar-refractivity contribution in [3.63, 3.8) is 0 Å². The minimum absolute atomic E-state index is 0.329. The predicted octanol–water partition coefficient (Wildman–Crippen LogP) is 3.27. The summed E-state index contributed by atoms with van der Waals surface area (Å²) in [5, 5.41) is 3.56. The molecule has 1 aromatic carbocycles. The van der Waals surface area contributed by atoms with Crippen LogP contribution >= 0.6 is 15.9 Å². The van der Waals surface area contributed by atoms with E-state index >= 15 is 0 Å². The third-order valence-electron chi connectivity index (χ3n) is 2.92. The standard InChI is InChI=1S/C14H16BrNO/c1-3-4-10(2)16-13-7-8-17-14-6-5-11(15)9-12(13)14/h1,5-6,9-10,13,16H,4,7-8H2,2H3. The van der Waals surface area contributed by atoms with E-state index in [2.05, 4.69) is 40.2 Å². The van der Waals surface area contributed by atoms with Gasteiger partial charge in [-0.3, -0.25) is 0 Å². The number of hydrogen-bond donors (Lipinski definition) is 1. The number of rotatable bonds is 3. The Morgan fingerprint density at radius 3 is 3.24 bits per heavy atom. The Labute approximate surface area is 111 Å². The van der Waals surface area contributed by atoms with Crippen LogP contribution < -0.4 is 10.1 Å². The molecule has 2 atom stereocenters. The molecule has 2 nitrogen and oxygen atoms in total. The Morgan fingerprint density at radius 2 is 2.47 bits per heavy atom. The Kier molecular flexibility index (Phi) is 4.09. The predicted molar refractivity (Wildman–Crippen MR) is 73.0 cm³/mol. The van der Waals surface area contributed by atoms with E-state index in [1.54, 1.807) is 0 Å². The Balaban J connectivity index is 2.16. The van der Waals surface area contributed by atoms with Crippen LogP contribution in [0.4, 0.5) is 0 Å². The van der Waals surface area contributed by atoms with Crippen molar-refractivity contribution in [3.8, 4) is 18.1 Å². The van der Waals surface area contributed by atoms with Gasteiger partial charge in [0.25, 0.3) is 0 Å². The zero-order valence-electron chi connectivity index (χ0n) is 9.87. The van der Waals surface area contributed by atoms with Gasteiger partial charge in [0, 0.05) is 35.0 Å². The highest BCUT2D eigenvalue weighted by Crippen LogP contribution is 2.34. The van der Waals surface area contributed by atoms with Crippen LogP contribution in [0.3, 0.4) is 0 Å². The van der Waals surface area contributed by atoms with Crippen LogP contribution in [0.5, 0.6) is 5.75 Å². The summed E-state index contributed by atoms with van der Waals surface area (Å²) in [6.45, 7) is 2.88. The molecule has 0 amide bonds. The summed E-state index contributed by atoms with van der Waals surface area (Å²) in [4.78, 5) is 0. The fraction of sp³-hybridized carbons (Fsp3) is 0.429. The average Bonchev–Trinajstić information content (AvgIpc) is 2.30. The fourth-order valence-electron chi connectivity index (χ4n) is 2.12. The van der Waals surface area contributed by atoms with E-state index in [-0.39, 0.29) is 0 Å². The first kappa shape index (κ1) is 12.5. The summed E-state index contributed by atoms with van der Waals surface area (Å²) in [6.07, 6.45) is 7.07. The lowest BCUT2D eigenvalue weighted by Gasteiger charge is -2.29. The molecular weight excluding hydrogens is 278 g/mol. The molecule has 0 saturated heterocycles. The molecule has 0 bridgehead atoms. The van der Waals surface area contributed by atoms with Gasteiger partial charge in [-0.1, -0.05) is 15.9 Å². The van der Waals surface area contributed by atoms with Gasteiger partial charge >= 0.3 is 0 Å². The highest BCUT2D eigenvalue weighted by molar-refractivity contribution is 9.10. The maximum absolute atomic E-state index is 5.65. The van der Waals surface area contributed by atoms with Crippen molar-refractivity contribution in [2.75, 3.05) is 6.61 Å². The van der Waals surface area contributed by atoms with Gasteiger partial charge < -0.3 is 10.1 Å². The summed E-state index contributed by atoms with van der Waals surface area (Å²) in [5.74, 6) is 3.67. The molecule has 0 radical (unpaired) electrons. The molecule has 0 aromatic heterocycles. The van der Waals surface area contributed by atoms with Gasteiger partial charge in [0.05, 0.1) is 6.61 Å². The number of terminal acetylenes is 1. The number of hydrogen-bond acceptors (Lipinski definition) is 2. The maximum Gasteiger partial charge on any atom is 0.124 e. The van der Waals surface area contributed by atoms with Gasteiger partial charge in [0.2, 0.25) is 0 Å². The highest BCUT2D eigenvalue weighted by atomic mass is 79.9. The Morgan fingerprint density at radius 1 is 1.65 bits per heavy atom. The van der Waals surface area contributed by atoms with Crippen molar-refractivity contribution >= 4 is 15.9 Å². The largest absolute Gasteiger partial charge is 0.493 e. The number of halogens is 1. The maximum atomic E-state index is 5.65. The molecule has 90 valence electrons. The van der Waals surface area contributed by atoms with E-state index in [9.17, 15) is 0 Å². The second-order valence-corrected chi connectivity index (χ2v) is 5.26. The summed E-state index contributed by atoms with van der Waals surface area (Å²) in [6, 6.07) is 6.80. The van der Waals surface area contributed by atoms with E-state index in [0.29, 0.717) is 12.1 Å². The van der Waals surface area contributed by atoms with Crippen LogP contribution in [0.2, 0.25) is 0 Å².